The van der Waals surface area contributed by atoms with Crippen molar-refractivity contribution in [2.45, 2.75) is 18.9 Å². The van der Waals surface area contributed by atoms with Crippen LogP contribution in [0.2, 0.25) is 0 Å². The highest BCUT2D eigenvalue weighted by Crippen LogP contribution is 1.99. The molecule has 4 heteroatoms. The van der Waals surface area contributed by atoms with E-state index in [1.54, 1.807) is 6.21 Å². The third kappa shape index (κ3) is 1.42. The monoisotopic (exact) mass is 128 g/mol. The normalized spacial score (nSPS) is 25.1. The molecule has 1 heterocycles. The van der Waals surface area contributed by atoms with E-state index in [4.69, 9.17) is 5.11 Å². The van der Waals surface area contributed by atoms with Crippen LogP contribution in [-0.2, 0) is 4.79 Å². The molecule has 50 valence electrons. The van der Waals surface area contributed by atoms with Gasteiger partial charge in [-0.15, -0.1) is 0 Å². The molecule has 0 spiro atoms. The Morgan fingerprint density at radius 1 is 1.89 bits per heavy atom. The number of hydrogen-bond donors (Lipinski definition) is 2. The van der Waals surface area contributed by atoms with Crippen molar-refractivity contribution in [2.24, 2.45) is 5.10 Å². The van der Waals surface area contributed by atoms with Crippen LogP contribution >= 0.6 is 0 Å². The molecule has 0 aromatic carbocycles. The van der Waals surface area contributed by atoms with Gasteiger partial charge in [-0.05, 0) is 12.8 Å². The second-order valence-corrected chi connectivity index (χ2v) is 1.91. The Kier molecular flexibility index (Phi) is 1.67. The van der Waals surface area contributed by atoms with Crippen LogP contribution in [0.25, 0.3) is 0 Å². The molecule has 1 unspecified atom stereocenters. The first kappa shape index (κ1) is 6.07. The number of hydrogen-bond acceptors (Lipinski definition) is 3. The number of hydrazone groups is 1. The van der Waals surface area contributed by atoms with E-state index in [2.05, 4.69) is 10.5 Å². The highest BCUT2D eigenvalue weighted by atomic mass is 16.4. The molecule has 0 aliphatic carbocycles. The molecule has 0 fully saturated rings. The minimum absolute atomic E-state index is 0.477. The van der Waals surface area contributed by atoms with Crippen molar-refractivity contribution < 1.29 is 9.90 Å². The summed E-state index contributed by atoms with van der Waals surface area (Å²) in [6.07, 6.45) is 3.07. The number of carboxylic acid groups (broad SMARTS) is 1. The van der Waals surface area contributed by atoms with E-state index >= 15 is 0 Å². The van der Waals surface area contributed by atoms with E-state index < -0.39 is 12.0 Å². The zero-order valence-electron chi connectivity index (χ0n) is 4.87. The average molecular weight is 128 g/mol. The highest BCUT2D eigenvalue weighted by molar-refractivity contribution is 5.75. The lowest BCUT2D eigenvalue weighted by Crippen LogP contribution is -2.35. The molecule has 4 nitrogen and oxygen atoms in total. The molecule has 2 N–H and O–H groups in total. The van der Waals surface area contributed by atoms with E-state index in [9.17, 15) is 4.79 Å². The molecule has 0 saturated carbocycles. The highest BCUT2D eigenvalue weighted by Gasteiger charge is 2.16. The van der Waals surface area contributed by atoms with Gasteiger partial charge in [0, 0.05) is 6.21 Å². The Hall–Kier alpha value is -1.06. The first-order valence-electron chi connectivity index (χ1n) is 2.80. The minimum Gasteiger partial charge on any atom is -0.480 e. The zero-order valence-corrected chi connectivity index (χ0v) is 4.87. The van der Waals surface area contributed by atoms with Gasteiger partial charge in [-0.1, -0.05) is 0 Å². The predicted octanol–water partition coefficient (Wildman–Crippen LogP) is -0.191. The molecule has 1 atom stereocenters. The lowest BCUT2D eigenvalue weighted by molar-refractivity contribution is -0.139. The number of carboxylic acids is 1. The quantitative estimate of drug-likeness (QED) is 0.514. The molecule has 0 aromatic rings. The Bertz CT molecular complexity index is 144. The molecule has 0 saturated heterocycles. The first-order valence-corrected chi connectivity index (χ1v) is 2.80. The number of nitrogens with zero attached hydrogens (tertiary/aromatic N) is 1. The van der Waals surface area contributed by atoms with Gasteiger partial charge in [-0.2, -0.15) is 5.10 Å². The molecular formula is C5H8N2O2. The number of nitrogens with one attached hydrogen (secondary N) is 1. The van der Waals surface area contributed by atoms with Crippen LogP contribution in [-0.4, -0.2) is 23.3 Å². The van der Waals surface area contributed by atoms with Crippen LogP contribution in [0.4, 0.5) is 0 Å². The number of rotatable bonds is 1. The van der Waals surface area contributed by atoms with Crippen molar-refractivity contribution in [3.8, 4) is 0 Å². The lowest BCUT2D eigenvalue weighted by atomic mass is 10.1. The van der Waals surface area contributed by atoms with Crippen LogP contribution in [0.1, 0.15) is 12.8 Å². The topological polar surface area (TPSA) is 61.7 Å². The van der Waals surface area contributed by atoms with Gasteiger partial charge in [0.05, 0.1) is 0 Å². The summed E-state index contributed by atoms with van der Waals surface area (Å²) in [6, 6.07) is -0.477. The van der Waals surface area contributed by atoms with Crippen molar-refractivity contribution in [3.63, 3.8) is 0 Å². The summed E-state index contributed by atoms with van der Waals surface area (Å²) in [5, 5.41) is 12.0. The van der Waals surface area contributed by atoms with E-state index in [1.807, 2.05) is 0 Å². The summed E-state index contributed by atoms with van der Waals surface area (Å²) in [5.41, 5.74) is 2.49. The molecule has 0 bridgehead atoms. The fourth-order valence-corrected chi connectivity index (χ4v) is 0.692. The minimum atomic E-state index is -0.827. The first-order chi connectivity index (χ1) is 4.30. The van der Waals surface area contributed by atoms with E-state index in [1.165, 1.54) is 0 Å². The number of carbonyl (C=O) groups is 1. The smallest absolute Gasteiger partial charge is 0.327 e. The fraction of sp³-hybridized carbons (Fsp3) is 0.600. The third-order valence-corrected chi connectivity index (χ3v) is 1.20. The van der Waals surface area contributed by atoms with Crippen LogP contribution in [0, 0.1) is 0 Å². The summed E-state index contributed by atoms with van der Waals surface area (Å²) in [5.74, 6) is -0.827. The molecule has 0 radical (unpaired) electrons. The molecular weight excluding hydrogens is 120 g/mol. The van der Waals surface area contributed by atoms with Crippen molar-refractivity contribution in [3.05, 3.63) is 0 Å². The molecule has 0 amide bonds. The zero-order chi connectivity index (χ0) is 6.69. The maximum absolute atomic E-state index is 10.2. The average Bonchev–Trinajstić information content (AvgIpc) is 1.90. The van der Waals surface area contributed by atoms with Gasteiger partial charge < -0.3 is 5.11 Å². The maximum Gasteiger partial charge on any atom is 0.327 e. The molecule has 9 heavy (non-hydrogen) atoms. The van der Waals surface area contributed by atoms with Gasteiger partial charge in [-0.25, -0.2) is 4.79 Å². The largest absolute Gasteiger partial charge is 0.480 e. The van der Waals surface area contributed by atoms with Gasteiger partial charge in [0.25, 0.3) is 0 Å². The Morgan fingerprint density at radius 2 is 2.67 bits per heavy atom. The van der Waals surface area contributed by atoms with Crippen LogP contribution in [0.3, 0.4) is 0 Å². The summed E-state index contributed by atoms with van der Waals surface area (Å²) < 4.78 is 0. The van der Waals surface area contributed by atoms with Crippen molar-refractivity contribution >= 4 is 12.2 Å². The Balaban J connectivity index is 2.44. The standard InChI is InChI=1S/C5H8N2O2/c8-5(9)4-2-1-3-6-7-4/h3-4,7H,1-2H2,(H,8,9). The maximum atomic E-state index is 10.2. The van der Waals surface area contributed by atoms with E-state index in [0.717, 1.165) is 6.42 Å². The summed E-state index contributed by atoms with van der Waals surface area (Å²) in [6.45, 7) is 0. The van der Waals surface area contributed by atoms with Crippen LogP contribution in [0.5, 0.6) is 0 Å². The van der Waals surface area contributed by atoms with Gasteiger partial charge in [-0.3, -0.25) is 5.43 Å². The van der Waals surface area contributed by atoms with Gasteiger partial charge in [0.2, 0.25) is 0 Å². The Labute approximate surface area is 52.6 Å². The molecule has 0 aromatic heterocycles. The lowest BCUT2D eigenvalue weighted by Gasteiger charge is -2.13. The number of aliphatic carboxylic acids is 1. The Morgan fingerprint density at radius 3 is 3.00 bits per heavy atom. The SMILES string of the molecule is O=C(O)C1CCC=NN1. The van der Waals surface area contributed by atoms with Crippen molar-refractivity contribution in [2.75, 3.05) is 0 Å². The van der Waals surface area contributed by atoms with Crippen LogP contribution < -0.4 is 5.43 Å². The molecule has 1 aliphatic rings. The predicted molar refractivity (Wildman–Crippen MR) is 32.3 cm³/mol. The van der Waals surface area contributed by atoms with E-state index in [-0.39, 0.29) is 0 Å². The second kappa shape index (κ2) is 2.48. The summed E-state index contributed by atoms with van der Waals surface area (Å²) in [7, 11) is 0. The van der Waals surface area contributed by atoms with Gasteiger partial charge in [0.15, 0.2) is 0 Å². The molecule has 1 aliphatic heterocycles. The molecule has 1 rings (SSSR count). The van der Waals surface area contributed by atoms with Crippen LogP contribution in [0.15, 0.2) is 5.10 Å². The fourth-order valence-electron chi connectivity index (χ4n) is 0.692. The van der Waals surface area contributed by atoms with E-state index in [0.29, 0.717) is 6.42 Å². The summed E-state index contributed by atoms with van der Waals surface area (Å²) >= 11 is 0. The van der Waals surface area contributed by atoms with Gasteiger partial charge in [0.1, 0.15) is 6.04 Å². The van der Waals surface area contributed by atoms with Gasteiger partial charge >= 0.3 is 5.97 Å². The van der Waals surface area contributed by atoms with Crippen molar-refractivity contribution in [1.82, 2.24) is 5.43 Å². The van der Waals surface area contributed by atoms with Crippen molar-refractivity contribution in [1.29, 1.82) is 0 Å². The third-order valence-electron chi connectivity index (χ3n) is 1.20. The summed E-state index contributed by atoms with van der Waals surface area (Å²) in [4.78, 5) is 10.2. The second-order valence-electron chi connectivity index (χ2n) is 1.91.